The van der Waals surface area contributed by atoms with Crippen LogP contribution >= 0.6 is 0 Å². The molecule has 0 unspecified atom stereocenters. The highest BCUT2D eigenvalue weighted by Gasteiger charge is 2.39. The van der Waals surface area contributed by atoms with Gasteiger partial charge in [0.1, 0.15) is 0 Å². The van der Waals surface area contributed by atoms with Gasteiger partial charge in [-0.25, -0.2) is 8.42 Å². The van der Waals surface area contributed by atoms with Gasteiger partial charge in [0, 0.05) is 69.2 Å². The van der Waals surface area contributed by atoms with E-state index in [-0.39, 0.29) is 28.2 Å². The van der Waals surface area contributed by atoms with Crippen LogP contribution in [0.4, 0.5) is 11.4 Å². The highest BCUT2D eigenvalue weighted by atomic mass is 32.2. The number of piperidine rings is 1. The summed E-state index contributed by atoms with van der Waals surface area (Å²) in [7, 11) is 0.261. The summed E-state index contributed by atoms with van der Waals surface area (Å²) >= 11 is 0. The summed E-state index contributed by atoms with van der Waals surface area (Å²) in [5, 5.41) is 2.65. The Labute approximate surface area is 211 Å². The quantitative estimate of drug-likeness (QED) is 0.573. The van der Waals surface area contributed by atoms with Crippen molar-refractivity contribution in [3.63, 3.8) is 0 Å². The van der Waals surface area contributed by atoms with Crippen LogP contribution in [0.3, 0.4) is 0 Å². The molecule has 2 aliphatic rings. The second-order valence-corrected chi connectivity index (χ2v) is 11.8. The standard InChI is InChI=1S/C27H30N4O4S/c1-18(32)28-22-6-10-24(11-7-22)36(34,35)30-15-19-14-21(17-30)26-13-12-25(27(33)31(26)16-19)20-4-8-23(9-5-20)29(2)3/h4-13,19,21H,14-17H2,1-3H3,(H,28,32)/t19-,21+/m0/s1. The number of carbonyl (C=O) groups excluding carboxylic acids is 1. The normalized spacial score (nSPS) is 19.4. The molecule has 2 atom stereocenters. The average molecular weight is 507 g/mol. The molecule has 8 nitrogen and oxygen atoms in total. The number of hydrogen-bond donors (Lipinski definition) is 1. The Morgan fingerprint density at radius 2 is 1.64 bits per heavy atom. The number of aromatic nitrogens is 1. The number of sulfonamides is 1. The smallest absolute Gasteiger partial charge is 0.258 e. The van der Waals surface area contributed by atoms with Crippen molar-refractivity contribution in [1.82, 2.24) is 8.87 Å². The summed E-state index contributed by atoms with van der Waals surface area (Å²) < 4.78 is 30.2. The van der Waals surface area contributed by atoms with Gasteiger partial charge in [0.05, 0.1) is 4.90 Å². The van der Waals surface area contributed by atoms with Gasteiger partial charge < -0.3 is 14.8 Å². The zero-order chi connectivity index (χ0) is 25.6. The Morgan fingerprint density at radius 1 is 0.944 bits per heavy atom. The minimum absolute atomic E-state index is 0.0235. The lowest BCUT2D eigenvalue weighted by molar-refractivity contribution is -0.114. The van der Waals surface area contributed by atoms with Gasteiger partial charge >= 0.3 is 0 Å². The first-order chi connectivity index (χ1) is 17.1. The maximum atomic E-state index is 13.5. The fraction of sp³-hybridized carbons (Fsp3) is 0.333. The van der Waals surface area contributed by atoms with E-state index in [0.717, 1.165) is 23.4 Å². The van der Waals surface area contributed by atoms with Crippen molar-refractivity contribution in [3.8, 4) is 11.1 Å². The summed E-state index contributed by atoms with van der Waals surface area (Å²) in [5.41, 5.74) is 4.03. The van der Waals surface area contributed by atoms with Crippen LogP contribution in [-0.2, 0) is 21.4 Å². The lowest BCUT2D eigenvalue weighted by atomic mass is 9.84. The second-order valence-electron chi connectivity index (χ2n) is 9.86. The first kappa shape index (κ1) is 24.3. The van der Waals surface area contributed by atoms with Gasteiger partial charge in [-0.3, -0.25) is 9.59 Å². The fourth-order valence-electron chi connectivity index (χ4n) is 5.32. The predicted molar refractivity (Wildman–Crippen MR) is 141 cm³/mol. The summed E-state index contributed by atoms with van der Waals surface area (Å²) in [4.78, 5) is 26.9. The fourth-order valence-corrected chi connectivity index (χ4v) is 6.88. The molecule has 1 fully saturated rings. The molecule has 9 heteroatoms. The van der Waals surface area contributed by atoms with Gasteiger partial charge in [-0.05, 0) is 66.4 Å². The summed E-state index contributed by atoms with van der Waals surface area (Å²) in [5.74, 6) is -0.186. The van der Waals surface area contributed by atoms with E-state index in [2.05, 4.69) is 5.32 Å². The molecule has 0 saturated carbocycles. The molecule has 0 radical (unpaired) electrons. The summed E-state index contributed by atoms with van der Waals surface area (Å²) in [6.07, 6.45) is 0.865. The SMILES string of the molecule is CC(=O)Nc1ccc(S(=O)(=O)N2C[C@@H]3C[C@H](C2)c2ccc(-c4ccc(N(C)C)cc4)c(=O)n2C3)cc1. The van der Waals surface area contributed by atoms with Crippen LogP contribution in [0.1, 0.15) is 25.0 Å². The number of benzene rings is 2. The van der Waals surface area contributed by atoms with Crippen LogP contribution < -0.4 is 15.8 Å². The third kappa shape index (κ3) is 4.44. The number of anilines is 2. The van der Waals surface area contributed by atoms with Gasteiger partial charge in [0.15, 0.2) is 0 Å². The highest BCUT2D eigenvalue weighted by molar-refractivity contribution is 7.89. The molecule has 1 N–H and O–H groups in total. The number of fused-ring (bicyclic) bond motifs is 4. The average Bonchev–Trinajstić information content (AvgIpc) is 2.84. The number of pyridine rings is 1. The van der Waals surface area contributed by atoms with Gasteiger partial charge in [-0.1, -0.05) is 12.1 Å². The maximum Gasteiger partial charge on any atom is 0.258 e. The van der Waals surface area contributed by atoms with E-state index in [1.807, 2.05) is 60.0 Å². The van der Waals surface area contributed by atoms with Gasteiger partial charge in [0.2, 0.25) is 15.9 Å². The Hall–Kier alpha value is -3.43. The molecular formula is C27H30N4O4S. The first-order valence-corrected chi connectivity index (χ1v) is 13.5. The van der Waals surface area contributed by atoms with E-state index in [1.165, 1.54) is 19.1 Å². The zero-order valence-electron chi connectivity index (χ0n) is 20.6. The number of nitrogens with zero attached hydrogens (tertiary/aromatic N) is 3. The molecule has 1 aromatic heterocycles. The highest BCUT2D eigenvalue weighted by Crippen LogP contribution is 2.38. The molecule has 36 heavy (non-hydrogen) atoms. The summed E-state index contributed by atoms with van der Waals surface area (Å²) in [6.45, 7) is 2.62. The third-order valence-corrected chi connectivity index (χ3v) is 8.92. The zero-order valence-corrected chi connectivity index (χ0v) is 21.5. The molecule has 2 bridgehead atoms. The van der Waals surface area contributed by atoms with Crippen LogP contribution in [0.15, 0.2) is 70.4 Å². The Kier molecular flexibility index (Phi) is 6.22. The molecule has 1 amide bonds. The number of amides is 1. The number of nitrogens with one attached hydrogen (secondary N) is 1. The molecule has 1 saturated heterocycles. The lowest BCUT2D eigenvalue weighted by Gasteiger charge is -2.42. The molecule has 3 aromatic rings. The number of hydrogen-bond acceptors (Lipinski definition) is 5. The number of rotatable bonds is 5. The monoisotopic (exact) mass is 506 g/mol. The van der Waals surface area contributed by atoms with Crippen molar-refractivity contribution in [3.05, 3.63) is 76.7 Å². The number of carbonyl (C=O) groups is 1. The minimum atomic E-state index is -3.70. The third-order valence-electron chi connectivity index (χ3n) is 7.08. The van der Waals surface area contributed by atoms with Crippen molar-refractivity contribution in [2.45, 2.75) is 30.7 Å². The van der Waals surface area contributed by atoms with E-state index < -0.39 is 10.0 Å². The van der Waals surface area contributed by atoms with E-state index in [9.17, 15) is 18.0 Å². The van der Waals surface area contributed by atoms with Crippen LogP contribution in [0.2, 0.25) is 0 Å². The van der Waals surface area contributed by atoms with Crippen LogP contribution in [-0.4, -0.2) is 50.4 Å². The Bertz CT molecular complexity index is 1460. The molecule has 2 aliphatic heterocycles. The van der Waals surface area contributed by atoms with Crippen molar-refractivity contribution >= 4 is 27.3 Å². The minimum Gasteiger partial charge on any atom is -0.378 e. The topological polar surface area (TPSA) is 91.7 Å². The van der Waals surface area contributed by atoms with Crippen molar-refractivity contribution in [1.29, 1.82) is 0 Å². The molecular weight excluding hydrogens is 476 g/mol. The van der Waals surface area contributed by atoms with Gasteiger partial charge in [0.25, 0.3) is 5.56 Å². The Morgan fingerprint density at radius 3 is 2.28 bits per heavy atom. The van der Waals surface area contributed by atoms with E-state index in [0.29, 0.717) is 30.9 Å². The van der Waals surface area contributed by atoms with Crippen LogP contribution in [0.25, 0.3) is 11.1 Å². The van der Waals surface area contributed by atoms with Gasteiger partial charge in [-0.2, -0.15) is 4.31 Å². The molecule has 2 aromatic carbocycles. The molecule has 0 aliphatic carbocycles. The van der Waals surface area contributed by atoms with Gasteiger partial charge in [-0.15, -0.1) is 0 Å². The van der Waals surface area contributed by atoms with Crippen LogP contribution in [0.5, 0.6) is 0 Å². The first-order valence-electron chi connectivity index (χ1n) is 12.0. The predicted octanol–water partition coefficient (Wildman–Crippen LogP) is 3.35. The molecule has 0 spiro atoms. The molecule has 188 valence electrons. The molecule has 5 rings (SSSR count). The Balaban J connectivity index is 1.41. The van der Waals surface area contributed by atoms with Crippen molar-refractivity contribution in [2.75, 3.05) is 37.4 Å². The van der Waals surface area contributed by atoms with Crippen LogP contribution in [0, 0.1) is 5.92 Å². The summed E-state index contributed by atoms with van der Waals surface area (Å²) in [6, 6.07) is 18.0. The van der Waals surface area contributed by atoms with E-state index in [4.69, 9.17) is 0 Å². The lowest BCUT2D eigenvalue weighted by Crippen LogP contribution is -2.49. The largest absolute Gasteiger partial charge is 0.378 e. The molecule has 3 heterocycles. The maximum absolute atomic E-state index is 13.5. The van der Waals surface area contributed by atoms with E-state index in [1.54, 1.807) is 16.4 Å². The van der Waals surface area contributed by atoms with E-state index >= 15 is 0 Å². The second kappa shape index (κ2) is 9.22. The van der Waals surface area contributed by atoms with Crippen molar-refractivity contribution < 1.29 is 13.2 Å². The van der Waals surface area contributed by atoms with Crippen molar-refractivity contribution in [2.24, 2.45) is 5.92 Å².